The van der Waals surface area contributed by atoms with Gasteiger partial charge in [-0.25, -0.2) is 9.59 Å². The summed E-state index contributed by atoms with van der Waals surface area (Å²) in [5.41, 5.74) is 1.51. The molecule has 1 atom stereocenters. The topological polar surface area (TPSA) is 128 Å². The summed E-state index contributed by atoms with van der Waals surface area (Å²) < 4.78 is 6.59. The van der Waals surface area contributed by atoms with Crippen LogP contribution in [0, 0.1) is 24.0 Å². The number of nitrogens with zero attached hydrogens (tertiary/aromatic N) is 3. The number of benzene rings is 1. The minimum Gasteiger partial charge on any atom is -0.463 e. The number of rotatable bonds is 6. The van der Waals surface area contributed by atoms with Gasteiger partial charge in [-0.3, -0.25) is 14.8 Å². The molecular formula is C19H20ClN5O5. The van der Waals surface area contributed by atoms with E-state index in [1.54, 1.807) is 38.1 Å². The second kappa shape index (κ2) is 8.54. The molecule has 30 heavy (non-hydrogen) atoms. The summed E-state index contributed by atoms with van der Waals surface area (Å²) in [5, 5.41) is 21.3. The van der Waals surface area contributed by atoms with Gasteiger partial charge < -0.3 is 15.4 Å². The molecule has 10 nitrogen and oxygen atoms in total. The predicted octanol–water partition coefficient (Wildman–Crippen LogP) is 2.93. The van der Waals surface area contributed by atoms with Gasteiger partial charge in [0.15, 0.2) is 0 Å². The van der Waals surface area contributed by atoms with Crippen molar-refractivity contribution in [1.82, 2.24) is 20.4 Å². The number of halogens is 1. The molecule has 0 saturated carbocycles. The van der Waals surface area contributed by atoms with Crippen LogP contribution in [0.3, 0.4) is 0 Å². The zero-order chi connectivity index (χ0) is 22.0. The van der Waals surface area contributed by atoms with Crippen LogP contribution >= 0.6 is 11.6 Å². The largest absolute Gasteiger partial charge is 0.463 e. The molecule has 0 saturated heterocycles. The maximum atomic E-state index is 12.8. The minimum atomic E-state index is -0.781. The van der Waals surface area contributed by atoms with E-state index in [9.17, 15) is 19.7 Å². The summed E-state index contributed by atoms with van der Waals surface area (Å²) in [6, 6.07) is 5.40. The monoisotopic (exact) mass is 433 g/mol. The molecule has 2 heterocycles. The number of hydrogen-bond donors (Lipinski definition) is 2. The number of nitrogens with one attached hydrogen (secondary N) is 2. The Kier molecular flexibility index (Phi) is 6.06. The number of hydrogen-bond acceptors (Lipinski definition) is 6. The highest BCUT2D eigenvalue weighted by Crippen LogP contribution is 2.30. The molecule has 2 aromatic rings. The number of amides is 2. The Morgan fingerprint density at radius 1 is 1.33 bits per heavy atom. The Bertz CT molecular complexity index is 1040. The van der Waals surface area contributed by atoms with E-state index in [1.165, 1.54) is 11.6 Å². The van der Waals surface area contributed by atoms with Crippen molar-refractivity contribution in [3.8, 4) is 0 Å². The number of allylic oxidation sites excluding steroid dienone is 1. The van der Waals surface area contributed by atoms with Gasteiger partial charge in [0.05, 0.1) is 35.4 Å². The Hall–Kier alpha value is -3.40. The van der Waals surface area contributed by atoms with Crippen LogP contribution in [0.1, 0.15) is 29.9 Å². The smallest absolute Gasteiger partial charge is 0.338 e. The lowest BCUT2D eigenvalue weighted by atomic mass is 9.95. The van der Waals surface area contributed by atoms with E-state index in [4.69, 9.17) is 16.3 Å². The first-order valence-electron chi connectivity index (χ1n) is 9.14. The van der Waals surface area contributed by atoms with E-state index < -0.39 is 23.0 Å². The molecule has 2 amide bonds. The molecular weight excluding hydrogens is 414 g/mol. The quantitative estimate of drug-likeness (QED) is 0.409. The normalized spacial score (nSPS) is 16.1. The van der Waals surface area contributed by atoms with Gasteiger partial charge in [-0.2, -0.15) is 5.10 Å². The highest BCUT2D eigenvalue weighted by atomic mass is 35.5. The van der Waals surface area contributed by atoms with Crippen LogP contribution < -0.4 is 10.6 Å². The number of nitro groups is 1. The highest BCUT2D eigenvalue weighted by molar-refractivity contribution is 6.30. The summed E-state index contributed by atoms with van der Waals surface area (Å²) in [6.45, 7) is 4.85. The molecule has 2 N–H and O–H groups in total. The molecule has 158 valence electrons. The SMILES string of the molecule is CCOC(=O)C1=C(Cn2nc(C)c([N+](=O)[O-])c2C)NC(=O)NC1c1ccc(Cl)cc1. The maximum absolute atomic E-state index is 12.8. The summed E-state index contributed by atoms with van der Waals surface area (Å²) in [7, 11) is 0. The first kappa shape index (κ1) is 21.3. The fourth-order valence-electron chi connectivity index (χ4n) is 3.35. The number of aryl methyl sites for hydroxylation is 1. The number of carbonyl (C=O) groups is 2. The van der Waals surface area contributed by atoms with Crippen molar-refractivity contribution < 1.29 is 19.2 Å². The molecule has 0 spiro atoms. The molecule has 0 fully saturated rings. The third kappa shape index (κ3) is 4.13. The number of ether oxygens (including phenoxy) is 1. The Morgan fingerprint density at radius 2 is 2.00 bits per heavy atom. The van der Waals surface area contributed by atoms with Gasteiger partial charge in [0.2, 0.25) is 0 Å². The predicted molar refractivity (Wildman–Crippen MR) is 108 cm³/mol. The highest BCUT2D eigenvalue weighted by Gasteiger charge is 2.34. The molecule has 1 aromatic heterocycles. The second-order valence-electron chi connectivity index (χ2n) is 6.63. The summed E-state index contributed by atoms with van der Waals surface area (Å²) in [5.74, 6) is -0.615. The first-order valence-corrected chi connectivity index (χ1v) is 9.52. The van der Waals surface area contributed by atoms with E-state index in [-0.39, 0.29) is 35.8 Å². The second-order valence-corrected chi connectivity index (χ2v) is 7.07. The summed E-state index contributed by atoms with van der Waals surface area (Å²) in [4.78, 5) is 35.9. The lowest BCUT2D eigenvalue weighted by Crippen LogP contribution is -2.47. The van der Waals surface area contributed by atoms with Gasteiger partial charge in [0.1, 0.15) is 11.4 Å². The van der Waals surface area contributed by atoms with Crippen LogP contribution in [-0.4, -0.2) is 33.3 Å². The van der Waals surface area contributed by atoms with E-state index in [0.717, 1.165) is 0 Å². The number of urea groups is 1. The van der Waals surface area contributed by atoms with E-state index in [2.05, 4.69) is 15.7 Å². The lowest BCUT2D eigenvalue weighted by molar-refractivity contribution is -0.386. The summed E-state index contributed by atoms with van der Waals surface area (Å²) >= 11 is 5.95. The van der Waals surface area contributed by atoms with Gasteiger partial charge in [-0.1, -0.05) is 23.7 Å². The van der Waals surface area contributed by atoms with E-state index in [0.29, 0.717) is 16.3 Å². The molecule has 1 unspecified atom stereocenters. The zero-order valence-corrected chi connectivity index (χ0v) is 17.3. The third-order valence-corrected chi connectivity index (χ3v) is 4.94. The molecule has 1 aromatic carbocycles. The first-order chi connectivity index (χ1) is 14.2. The van der Waals surface area contributed by atoms with Crippen LogP contribution in [0.5, 0.6) is 0 Å². The third-order valence-electron chi connectivity index (χ3n) is 4.69. The average molecular weight is 434 g/mol. The molecule has 11 heteroatoms. The van der Waals surface area contributed by atoms with Crippen molar-refractivity contribution in [2.75, 3.05) is 6.61 Å². The van der Waals surface area contributed by atoms with Crippen molar-refractivity contribution in [3.05, 3.63) is 67.6 Å². The average Bonchev–Trinajstić information content (AvgIpc) is 2.95. The number of aromatic nitrogens is 2. The van der Waals surface area contributed by atoms with E-state index >= 15 is 0 Å². The Balaban J connectivity index is 2.11. The molecule has 0 aliphatic carbocycles. The molecule has 0 bridgehead atoms. The standard InChI is InChI=1S/C19H20ClN5O5/c1-4-30-18(26)15-14(9-24-11(3)17(25(28)29)10(2)23-24)21-19(27)22-16(15)12-5-7-13(20)8-6-12/h5-8,16H,4,9H2,1-3H3,(H2,21,22,27). The van der Waals surface area contributed by atoms with Crippen molar-refractivity contribution in [2.24, 2.45) is 0 Å². The summed E-state index contributed by atoms with van der Waals surface area (Å²) in [6.07, 6.45) is 0. The number of esters is 1. The maximum Gasteiger partial charge on any atom is 0.338 e. The minimum absolute atomic E-state index is 0.0494. The van der Waals surface area contributed by atoms with Crippen LogP contribution in [0.25, 0.3) is 0 Å². The Morgan fingerprint density at radius 3 is 2.57 bits per heavy atom. The fourth-order valence-corrected chi connectivity index (χ4v) is 3.48. The van der Waals surface area contributed by atoms with Gasteiger partial charge in [0.25, 0.3) is 0 Å². The Labute approximate surface area is 177 Å². The van der Waals surface area contributed by atoms with E-state index in [1.807, 2.05) is 0 Å². The van der Waals surface area contributed by atoms with Gasteiger partial charge in [-0.05, 0) is 38.5 Å². The van der Waals surface area contributed by atoms with Crippen LogP contribution in [0.15, 0.2) is 35.5 Å². The van der Waals surface area contributed by atoms with Gasteiger partial charge in [-0.15, -0.1) is 0 Å². The van der Waals surface area contributed by atoms with Crippen molar-refractivity contribution in [3.63, 3.8) is 0 Å². The molecule has 1 aliphatic heterocycles. The molecule has 0 radical (unpaired) electrons. The van der Waals surface area contributed by atoms with Crippen molar-refractivity contribution >= 4 is 29.3 Å². The van der Waals surface area contributed by atoms with Crippen LogP contribution in [0.4, 0.5) is 10.5 Å². The van der Waals surface area contributed by atoms with Gasteiger partial charge in [0, 0.05) is 5.02 Å². The zero-order valence-electron chi connectivity index (χ0n) is 16.6. The molecule has 3 rings (SSSR count). The van der Waals surface area contributed by atoms with Crippen molar-refractivity contribution in [2.45, 2.75) is 33.4 Å². The molecule has 1 aliphatic rings. The fraction of sp³-hybridized carbons (Fsp3) is 0.316. The lowest BCUT2D eigenvalue weighted by Gasteiger charge is -2.29. The van der Waals surface area contributed by atoms with Gasteiger partial charge >= 0.3 is 17.7 Å². The van der Waals surface area contributed by atoms with Crippen molar-refractivity contribution in [1.29, 1.82) is 0 Å². The number of carbonyl (C=O) groups excluding carboxylic acids is 2. The van der Waals surface area contributed by atoms with Crippen LogP contribution in [-0.2, 0) is 16.1 Å². The van der Waals surface area contributed by atoms with Crippen LogP contribution in [0.2, 0.25) is 5.02 Å².